The predicted octanol–water partition coefficient (Wildman–Crippen LogP) is 6.13. The van der Waals surface area contributed by atoms with Gasteiger partial charge >= 0.3 is 0 Å². The standard InChI is InChI=1S/C20H41N/c1-18(2)12-10-8-6-5-7-9-11-15-21-16-13-20(14-17-21)19(3)4/h18-20H,5-17H2,1-4H3. The molecule has 0 saturated carbocycles. The van der Waals surface area contributed by atoms with Crippen molar-refractivity contribution in [2.75, 3.05) is 19.6 Å². The SMILES string of the molecule is CC(C)CCCCCCCCCN1CCC(C(C)C)CC1. The lowest BCUT2D eigenvalue weighted by Crippen LogP contribution is -2.35. The van der Waals surface area contributed by atoms with Crippen LogP contribution in [-0.4, -0.2) is 24.5 Å². The molecule has 126 valence electrons. The summed E-state index contributed by atoms with van der Waals surface area (Å²) in [6.07, 6.45) is 14.5. The molecule has 0 amide bonds. The van der Waals surface area contributed by atoms with Crippen molar-refractivity contribution in [3.63, 3.8) is 0 Å². The highest BCUT2D eigenvalue weighted by molar-refractivity contribution is 4.74. The van der Waals surface area contributed by atoms with Crippen molar-refractivity contribution in [3.05, 3.63) is 0 Å². The second-order valence-electron chi connectivity index (χ2n) is 8.08. The highest BCUT2D eigenvalue weighted by atomic mass is 15.1. The highest BCUT2D eigenvalue weighted by Crippen LogP contribution is 2.24. The van der Waals surface area contributed by atoms with Crippen molar-refractivity contribution in [2.24, 2.45) is 17.8 Å². The number of piperidine rings is 1. The first-order valence-corrected chi connectivity index (χ1v) is 9.82. The van der Waals surface area contributed by atoms with Gasteiger partial charge in [0.1, 0.15) is 0 Å². The lowest BCUT2D eigenvalue weighted by molar-refractivity contribution is 0.155. The maximum Gasteiger partial charge on any atom is -0.00160 e. The van der Waals surface area contributed by atoms with Crippen LogP contribution >= 0.6 is 0 Å². The van der Waals surface area contributed by atoms with Gasteiger partial charge in [-0.25, -0.2) is 0 Å². The summed E-state index contributed by atoms with van der Waals surface area (Å²) < 4.78 is 0. The maximum atomic E-state index is 2.71. The minimum Gasteiger partial charge on any atom is -0.303 e. The third kappa shape index (κ3) is 9.55. The first-order valence-electron chi connectivity index (χ1n) is 9.82. The van der Waals surface area contributed by atoms with Gasteiger partial charge in [-0.3, -0.25) is 0 Å². The van der Waals surface area contributed by atoms with E-state index in [0.717, 1.165) is 17.8 Å². The summed E-state index contributed by atoms with van der Waals surface area (Å²) in [6, 6.07) is 0. The van der Waals surface area contributed by atoms with Crippen molar-refractivity contribution in [1.29, 1.82) is 0 Å². The Morgan fingerprint density at radius 1 is 0.762 bits per heavy atom. The van der Waals surface area contributed by atoms with Gasteiger partial charge < -0.3 is 4.90 Å². The molecule has 0 aliphatic carbocycles. The normalized spacial score (nSPS) is 18.0. The van der Waals surface area contributed by atoms with Gasteiger partial charge in [0.2, 0.25) is 0 Å². The molecule has 0 atom stereocenters. The van der Waals surface area contributed by atoms with E-state index in [-0.39, 0.29) is 0 Å². The van der Waals surface area contributed by atoms with Crippen LogP contribution in [0.25, 0.3) is 0 Å². The molecule has 21 heavy (non-hydrogen) atoms. The number of nitrogens with zero attached hydrogens (tertiary/aromatic N) is 1. The van der Waals surface area contributed by atoms with E-state index >= 15 is 0 Å². The summed E-state index contributed by atoms with van der Waals surface area (Å²) in [7, 11) is 0. The van der Waals surface area contributed by atoms with Crippen LogP contribution in [0, 0.1) is 17.8 Å². The summed E-state index contributed by atoms with van der Waals surface area (Å²) in [5, 5.41) is 0. The van der Waals surface area contributed by atoms with Gasteiger partial charge in [-0.1, -0.05) is 72.6 Å². The fourth-order valence-corrected chi connectivity index (χ4v) is 3.62. The fourth-order valence-electron chi connectivity index (χ4n) is 3.62. The van der Waals surface area contributed by atoms with Crippen molar-refractivity contribution >= 4 is 0 Å². The summed E-state index contributed by atoms with van der Waals surface area (Å²) in [4.78, 5) is 2.71. The quantitative estimate of drug-likeness (QED) is 0.414. The van der Waals surface area contributed by atoms with Crippen LogP contribution in [0.2, 0.25) is 0 Å². The van der Waals surface area contributed by atoms with Crippen LogP contribution in [0.1, 0.15) is 91.9 Å². The molecule has 0 aromatic rings. The summed E-state index contributed by atoms with van der Waals surface area (Å²) in [6.45, 7) is 13.5. The maximum absolute atomic E-state index is 2.71. The van der Waals surface area contributed by atoms with Crippen LogP contribution < -0.4 is 0 Å². The lowest BCUT2D eigenvalue weighted by atomic mass is 9.87. The van der Waals surface area contributed by atoms with E-state index < -0.39 is 0 Å². The molecule has 0 spiro atoms. The number of unbranched alkanes of at least 4 members (excludes halogenated alkanes) is 6. The van der Waals surface area contributed by atoms with E-state index in [1.54, 1.807) is 0 Å². The Morgan fingerprint density at radius 3 is 1.81 bits per heavy atom. The van der Waals surface area contributed by atoms with Gasteiger partial charge in [0.15, 0.2) is 0 Å². The van der Waals surface area contributed by atoms with Crippen LogP contribution in [0.5, 0.6) is 0 Å². The Balaban J connectivity index is 1.85. The van der Waals surface area contributed by atoms with Crippen LogP contribution in [0.3, 0.4) is 0 Å². The molecule has 1 fully saturated rings. The second-order valence-corrected chi connectivity index (χ2v) is 8.08. The lowest BCUT2D eigenvalue weighted by Gasteiger charge is -2.33. The molecule has 1 heteroatoms. The summed E-state index contributed by atoms with van der Waals surface area (Å²) in [5.41, 5.74) is 0. The molecule has 1 heterocycles. The third-order valence-corrected chi connectivity index (χ3v) is 5.33. The Labute approximate surface area is 134 Å². The van der Waals surface area contributed by atoms with Crippen LogP contribution in [-0.2, 0) is 0 Å². The van der Waals surface area contributed by atoms with Gasteiger partial charge in [0.05, 0.1) is 0 Å². The third-order valence-electron chi connectivity index (χ3n) is 5.33. The number of rotatable bonds is 11. The molecule has 0 radical (unpaired) electrons. The average molecular weight is 296 g/mol. The van der Waals surface area contributed by atoms with E-state index in [1.807, 2.05) is 0 Å². The minimum absolute atomic E-state index is 0.892. The van der Waals surface area contributed by atoms with E-state index in [0.29, 0.717) is 0 Å². The van der Waals surface area contributed by atoms with Gasteiger partial charge in [0.25, 0.3) is 0 Å². The Bertz CT molecular complexity index is 226. The predicted molar refractivity (Wildman–Crippen MR) is 95.8 cm³/mol. The van der Waals surface area contributed by atoms with Crippen molar-refractivity contribution in [1.82, 2.24) is 4.90 Å². The molecule has 0 unspecified atom stereocenters. The Morgan fingerprint density at radius 2 is 1.29 bits per heavy atom. The van der Waals surface area contributed by atoms with Gasteiger partial charge in [-0.05, 0) is 56.7 Å². The van der Waals surface area contributed by atoms with E-state index in [1.165, 1.54) is 83.8 Å². The molecule has 0 bridgehead atoms. The fraction of sp³-hybridized carbons (Fsp3) is 1.00. The molecule has 1 saturated heterocycles. The Kier molecular flexibility index (Phi) is 10.4. The molecule has 0 N–H and O–H groups in total. The first-order chi connectivity index (χ1) is 10.1. The van der Waals surface area contributed by atoms with E-state index in [9.17, 15) is 0 Å². The molecule has 1 rings (SSSR count). The van der Waals surface area contributed by atoms with Crippen molar-refractivity contribution < 1.29 is 0 Å². The zero-order valence-corrected chi connectivity index (χ0v) is 15.4. The molecule has 1 aliphatic heterocycles. The highest BCUT2D eigenvalue weighted by Gasteiger charge is 2.20. The van der Waals surface area contributed by atoms with Crippen molar-refractivity contribution in [3.8, 4) is 0 Å². The zero-order valence-electron chi connectivity index (χ0n) is 15.4. The number of likely N-dealkylation sites (tertiary alicyclic amines) is 1. The minimum atomic E-state index is 0.892. The topological polar surface area (TPSA) is 3.24 Å². The molecular weight excluding hydrogens is 254 g/mol. The summed E-state index contributed by atoms with van der Waals surface area (Å²) in [5.74, 6) is 2.78. The smallest absolute Gasteiger partial charge is 0.00160 e. The van der Waals surface area contributed by atoms with Crippen molar-refractivity contribution in [2.45, 2.75) is 91.9 Å². The summed E-state index contributed by atoms with van der Waals surface area (Å²) >= 11 is 0. The Hall–Kier alpha value is -0.0400. The van der Waals surface area contributed by atoms with E-state index in [2.05, 4.69) is 32.6 Å². The second kappa shape index (κ2) is 11.5. The number of hydrogen-bond donors (Lipinski definition) is 0. The average Bonchev–Trinajstić information content (AvgIpc) is 2.45. The van der Waals surface area contributed by atoms with Gasteiger partial charge in [0, 0.05) is 0 Å². The first kappa shape index (κ1) is 19.0. The van der Waals surface area contributed by atoms with Crippen LogP contribution in [0.4, 0.5) is 0 Å². The molecule has 0 aromatic carbocycles. The molecular formula is C20H41N. The largest absolute Gasteiger partial charge is 0.303 e. The van der Waals surface area contributed by atoms with Gasteiger partial charge in [-0.15, -0.1) is 0 Å². The molecule has 1 aliphatic rings. The number of hydrogen-bond acceptors (Lipinski definition) is 1. The van der Waals surface area contributed by atoms with Gasteiger partial charge in [-0.2, -0.15) is 0 Å². The van der Waals surface area contributed by atoms with Crippen LogP contribution in [0.15, 0.2) is 0 Å². The zero-order chi connectivity index (χ0) is 15.5. The van der Waals surface area contributed by atoms with E-state index in [4.69, 9.17) is 0 Å². The monoisotopic (exact) mass is 295 g/mol. The molecule has 0 aromatic heterocycles. The molecule has 1 nitrogen and oxygen atoms in total.